The molecule has 0 spiro atoms. The number of amides is 1. The maximum atomic E-state index is 12.2. The van der Waals surface area contributed by atoms with E-state index in [9.17, 15) is 4.79 Å². The largest absolute Gasteiger partial charge is 0.308 e. The van der Waals surface area contributed by atoms with Gasteiger partial charge >= 0.3 is 0 Å². The summed E-state index contributed by atoms with van der Waals surface area (Å²) in [6.45, 7) is 6.36. The lowest BCUT2D eigenvalue weighted by Crippen LogP contribution is -2.34. The first-order valence-corrected chi connectivity index (χ1v) is 10.4. The van der Waals surface area contributed by atoms with Gasteiger partial charge in [-0.1, -0.05) is 49.7 Å². The van der Waals surface area contributed by atoms with Gasteiger partial charge in [0, 0.05) is 21.0 Å². The van der Waals surface area contributed by atoms with Crippen LogP contribution in [0.15, 0.2) is 48.5 Å². The molecule has 1 heterocycles. The highest BCUT2D eigenvalue weighted by molar-refractivity contribution is 7.80. The van der Waals surface area contributed by atoms with Gasteiger partial charge in [0.1, 0.15) is 0 Å². The van der Waals surface area contributed by atoms with Crippen LogP contribution in [-0.2, 0) is 0 Å². The van der Waals surface area contributed by atoms with Crippen molar-refractivity contribution in [2.24, 2.45) is 0 Å². The molecule has 0 atom stereocenters. The maximum Gasteiger partial charge on any atom is 0.257 e. The number of halogens is 1. The zero-order valence-electron chi connectivity index (χ0n) is 15.7. The van der Waals surface area contributed by atoms with E-state index in [1.165, 1.54) is 16.9 Å². The van der Waals surface area contributed by atoms with Crippen molar-refractivity contribution in [3.05, 3.63) is 69.6 Å². The topological polar surface area (TPSA) is 54.0 Å². The van der Waals surface area contributed by atoms with Crippen LogP contribution >= 0.6 is 35.2 Å². The van der Waals surface area contributed by atoms with Gasteiger partial charge in [-0.15, -0.1) is 11.3 Å². The third-order valence-electron chi connectivity index (χ3n) is 4.20. The standard InChI is InChI=1S/C21H20ClN3OS2/c1-12(2)14-4-6-15(7-5-14)18-13(3)28-21(23-18)25-20(27)24-19(26)16-8-10-17(22)11-9-16/h4-12H,1-3H3,(H2,23,24,25,26,27). The van der Waals surface area contributed by atoms with Crippen LogP contribution in [0.25, 0.3) is 11.3 Å². The van der Waals surface area contributed by atoms with Crippen molar-refractivity contribution in [2.75, 3.05) is 5.32 Å². The fraction of sp³-hybridized carbons (Fsp3) is 0.190. The SMILES string of the molecule is Cc1sc(NC(=S)NC(=O)c2ccc(Cl)cc2)nc1-c1ccc(C(C)C)cc1. The lowest BCUT2D eigenvalue weighted by atomic mass is 10.0. The molecule has 0 bridgehead atoms. The van der Waals surface area contributed by atoms with E-state index in [4.69, 9.17) is 23.8 Å². The number of hydrogen-bond donors (Lipinski definition) is 2. The van der Waals surface area contributed by atoms with E-state index in [1.807, 2.05) is 6.92 Å². The van der Waals surface area contributed by atoms with Gasteiger partial charge in [-0.3, -0.25) is 10.1 Å². The number of hydrogen-bond acceptors (Lipinski definition) is 4. The van der Waals surface area contributed by atoms with Gasteiger partial charge in [0.15, 0.2) is 10.2 Å². The Kier molecular flexibility index (Phi) is 6.44. The van der Waals surface area contributed by atoms with Gasteiger partial charge in [-0.25, -0.2) is 4.98 Å². The molecule has 28 heavy (non-hydrogen) atoms. The fourth-order valence-electron chi connectivity index (χ4n) is 2.65. The molecule has 7 heteroatoms. The summed E-state index contributed by atoms with van der Waals surface area (Å²) in [5, 5.41) is 7.07. The van der Waals surface area contributed by atoms with Gasteiger partial charge in [0.25, 0.3) is 5.91 Å². The summed E-state index contributed by atoms with van der Waals surface area (Å²) >= 11 is 12.6. The fourth-order valence-corrected chi connectivity index (χ4v) is 3.87. The Labute approximate surface area is 179 Å². The zero-order valence-corrected chi connectivity index (χ0v) is 18.1. The molecule has 0 saturated carbocycles. The van der Waals surface area contributed by atoms with Crippen LogP contribution in [0.5, 0.6) is 0 Å². The highest BCUT2D eigenvalue weighted by Gasteiger charge is 2.13. The van der Waals surface area contributed by atoms with Crippen molar-refractivity contribution < 1.29 is 4.79 Å². The normalized spacial score (nSPS) is 10.8. The van der Waals surface area contributed by atoms with E-state index < -0.39 is 0 Å². The van der Waals surface area contributed by atoms with Crippen LogP contribution in [0, 0.1) is 6.92 Å². The van der Waals surface area contributed by atoms with Crippen molar-refractivity contribution in [3.63, 3.8) is 0 Å². The smallest absolute Gasteiger partial charge is 0.257 e. The van der Waals surface area contributed by atoms with E-state index >= 15 is 0 Å². The molecule has 4 nitrogen and oxygen atoms in total. The molecule has 144 valence electrons. The molecule has 0 aliphatic heterocycles. The zero-order chi connectivity index (χ0) is 20.3. The van der Waals surface area contributed by atoms with Crippen LogP contribution in [0.1, 0.15) is 40.6 Å². The van der Waals surface area contributed by atoms with Gasteiger partial charge in [-0.2, -0.15) is 0 Å². The summed E-state index contributed by atoms with van der Waals surface area (Å²) in [6.07, 6.45) is 0. The highest BCUT2D eigenvalue weighted by Crippen LogP contribution is 2.31. The molecule has 3 rings (SSSR count). The first-order valence-electron chi connectivity index (χ1n) is 8.79. The number of rotatable bonds is 4. The van der Waals surface area contributed by atoms with Crippen molar-refractivity contribution in [1.29, 1.82) is 0 Å². The second-order valence-corrected chi connectivity index (χ2v) is 8.66. The van der Waals surface area contributed by atoms with E-state index in [2.05, 4.69) is 53.7 Å². The second-order valence-electron chi connectivity index (χ2n) is 6.62. The Morgan fingerprint density at radius 3 is 2.36 bits per heavy atom. The molecule has 0 radical (unpaired) electrons. The van der Waals surface area contributed by atoms with Gasteiger partial charge < -0.3 is 5.32 Å². The lowest BCUT2D eigenvalue weighted by molar-refractivity contribution is 0.0978. The van der Waals surface area contributed by atoms with E-state index in [1.54, 1.807) is 24.3 Å². The minimum absolute atomic E-state index is 0.204. The average molecular weight is 430 g/mol. The molecular formula is C21H20ClN3OS2. The van der Waals surface area contributed by atoms with Crippen LogP contribution in [0.2, 0.25) is 5.02 Å². The van der Waals surface area contributed by atoms with Crippen molar-refractivity contribution in [3.8, 4) is 11.3 Å². The first kappa shape index (κ1) is 20.5. The summed E-state index contributed by atoms with van der Waals surface area (Å²) in [6, 6.07) is 15.0. The van der Waals surface area contributed by atoms with Crippen LogP contribution in [0.4, 0.5) is 5.13 Å². The summed E-state index contributed by atoms with van der Waals surface area (Å²) < 4.78 is 0. The summed E-state index contributed by atoms with van der Waals surface area (Å²) in [7, 11) is 0. The number of carbonyl (C=O) groups is 1. The van der Waals surface area contributed by atoms with Crippen LogP contribution in [0.3, 0.4) is 0 Å². The summed E-state index contributed by atoms with van der Waals surface area (Å²) in [5.74, 6) is 0.191. The number of thiazole rings is 1. The monoisotopic (exact) mass is 429 g/mol. The Balaban J connectivity index is 1.68. The third-order valence-corrected chi connectivity index (χ3v) is 5.54. The number of aromatic nitrogens is 1. The average Bonchev–Trinajstić information content (AvgIpc) is 3.02. The van der Waals surface area contributed by atoms with E-state index in [0.717, 1.165) is 16.1 Å². The number of thiocarbonyl (C=S) groups is 1. The minimum Gasteiger partial charge on any atom is -0.308 e. The molecule has 0 saturated heterocycles. The molecule has 1 amide bonds. The minimum atomic E-state index is -0.299. The molecule has 0 fully saturated rings. The quantitative estimate of drug-likeness (QED) is 0.497. The molecule has 3 aromatic rings. The Morgan fingerprint density at radius 1 is 1.11 bits per heavy atom. The van der Waals surface area contributed by atoms with Gasteiger partial charge in [0.05, 0.1) is 5.69 Å². The first-order chi connectivity index (χ1) is 13.3. The predicted molar refractivity (Wildman–Crippen MR) is 122 cm³/mol. The van der Waals surface area contributed by atoms with Gasteiger partial charge in [0.2, 0.25) is 0 Å². The van der Waals surface area contributed by atoms with Crippen LogP contribution in [-0.4, -0.2) is 16.0 Å². The van der Waals surface area contributed by atoms with Crippen molar-refractivity contribution in [1.82, 2.24) is 10.3 Å². The van der Waals surface area contributed by atoms with E-state index in [0.29, 0.717) is 21.6 Å². The molecule has 2 aromatic carbocycles. The molecule has 0 aliphatic carbocycles. The number of aryl methyl sites for hydroxylation is 1. The van der Waals surface area contributed by atoms with Crippen LogP contribution < -0.4 is 10.6 Å². The second kappa shape index (κ2) is 8.82. The molecule has 0 unspecified atom stereocenters. The Bertz CT molecular complexity index is 995. The summed E-state index contributed by atoms with van der Waals surface area (Å²) in [4.78, 5) is 18.0. The highest BCUT2D eigenvalue weighted by atomic mass is 35.5. The molecule has 0 aliphatic rings. The van der Waals surface area contributed by atoms with Crippen molar-refractivity contribution >= 4 is 51.3 Å². The number of anilines is 1. The summed E-state index contributed by atoms with van der Waals surface area (Å²) in [5.41, 5.74) is 3.74. The van der Waals surface area contributed by atoms with E-state index in [-0.39, 0.29) is 11.0 Å². The molecule has 1 aromatic heterocycles. The third kappa shape index (κ3) is 4.95. The Hall–Kier alpha value is -2.28. The number of nitrogens with zero attached hydrogens (tertiary/aromatic N) is 1. The number of carbonyl (C=O) groups excluding carboxylic acids is 1. The maximum absolute atomic E-state index is 12.2. The molecule has 2 N–H and O–H groups in total. The Morgan fingerprint density at radius 2 is 1.75 bits per heavy atom. The number of nitrogens with one attached hydrogen (secondary N) is 2. The number of benzene rings is 2. The predicted octanol–water partition coefficient (Wildman–Crippen LogP) is 6.02. The van der Waals surface area contributed by atoms with Crippen molar-refractivity contribution in [2.45, 2.75) is 26.7 Å². The van der Waals surface area contributed by atoms with Gasteiger partial charge in [-0.05, 0) is 54.9 Å². The lowest BCUT2D eigenvalue weighted by Gasteiger charge is -2.07. The molecular weight excluding hydrogens is 410 g/mol.